The first-order chi connectivity index (χ1) is 10.1. The average molecular weight is 281 g/mol. The zero-order chi connectivity index (χ0) is 14.8. The van der Waals surface area contributed by atoms with Crippen LogP contribution in [0.15, 0.2) is 42.5 Å². The first kappa shape index (κ1) is 14.2. The van der Waals surface area contributed by atoms with E-state index in [0.717, 1.165) is 11.5 Å². The summed E-state index contributed by atoms with van der Waals surface area (Å²) in [6.07, 6.45) is 2.48. The lowest BCUT2D eigenvalue weighted by Gasteiger charge is -2.23. The van der Waals surface area contributed by atoms with Gasteiger partial charge in [-0.1, -0.05) is 24.3 Å². The van der Waals surface area contributed by atoms with E-state index in [1.54, 1.807) is 0 Å². The van der Waals surface area contributed by atoms with Crippen LogP contribution in [0.1, 0.15) is 35.6 Å². The van der Waals surface area contributed by atoms with E-state index in [1.165, 1.54) is 36.1 Å². The van der Waals surface area contributed by atoms with Crippen LogP contribution in [0.3, 0.4) is 0 Å². The monoisotopic (exact) mass is 281 g/mol. The van der Waals surface area contributed by atoms with Crippen LogP contribution in [0.2, 0.25) is 0 Å². The molecule has 1 saturated heterocycles. The van der Waals surface area contributed by atoms with Gasteiger partial charge < -0.3 is 4.74 Å². The summed E-state index contributed by atoms with van der Waals surface area (Å²) in [4.78, 5) is 2.43. The zero-order valence-corrected chi connectivity index (χ0v) is 13.1. The molecule has 2 nitrogen and oxygen atoms in total. The van der Waals surface area contributed by atoms with E-state index >= 15 is 0 Å². The third-order valence-corrected chi connectivity index (χ3v) is 4.48. The SMILES string of the molecule is Cc1cc(Oc2ccccc2)c(C2CCCN2C)cc1C. The van der Waals surface area contributed by atoms with Gasteiger partial charge in [-0.3, -0.25) is 4.90 Å². The molecular formula is C19H23NO. The molecule has 0 bridgehead atoms. The Morgan fingerprint density at radius 3 is 2.43 bits per heavy atom. The van der Waals surface area contributed by atoms with Crippen molar-refractivity contribution >= 4 is 0 Å². The molecule has 0 radical (unpaired) electrons. The summed E-state index contributed by atoms with van der Waals surface area (Å²) in [6, 6.07) is 15.0. The molecule has 0 saturated carbocycles. The summed E-state index contributed by atoms with van der Waals surface area (Å²) < 4.78 is 6.18. The molecule has 2 aromatic rings. The van der Waals surface area contributed by atoms with Crippen molar-refractivity contribution in [2.75, 3.05) is 13.6 Å². The molecule has 0 aliphatic carbocycles. The number of nitrogens with zero attached hydrogens (tertiary/aromatic N) is 1. The fourth-order valence-electron chi connectivity index (χ4n) is 3.08. The normalized spacial score (nSPS) is 18.9. The van der Waals surface area contributed by atoms with Crippen molar-refractivity contribution in [1.82, 2.24) is 4.90 Å². The van der Waals surface area contributed by atoms with E-state index in [4.69, 9.17) is 4.74 Å². The lowest BCUT2D eigenvalue weighted by molar-refractivity contribution is 0.310. The fourth-order valence-corrected chi connectivity index (χ4v) is 3.08. The molecule has 2 aromatic carbocycles. The van der Waals surface area contributed by atoms with Gasteiger partial charge in [0, 0.05) is 11.6 Å². The number of benzene rings is 2. The maximum atomic E-state index is 6.18. The lowest BCUT2D eigenvalue weighted by Crippen LogP contribution is -2.18. The predicted octanol–water partition coefficient (Wildman–Crippen LogP) is 4.86. The Balaban J connectivity index is 1.99. The Kier molecular flexibility index (Phi) is 3.98. The number of hydrogen-bond donors (Lipinski definition) is 0. The number of aryl methyl sites for hydroxylation is 2. The highest BCUT2D eigenvalue weighted by atomic mass is 16.5. The number of hydrogen-bond acceptors (Lipinski definition) is 2. The van der Waals surface area contributed by atoms with Crippen LogP contribution in [0.5, 0.6) is 11.5 Å². The van der Waals surface area contributed by atoms with Gasteiger partial charge in [0.2, 0.25) is 0 Å². The van der Waals surface area contributed by atoms with Crippen molar-refractivity contribution in [2.24, 2.45) is 0 Å². The largest absolute Gasteiger partial charge is 0.457 e. The highest BCUT2D eigenvalue weighted by Crippen LogP contribution is 2.39. The fraction of sp³-hybridized carbons (Fsp3) is 0.368. The summed E-state index contributed by atoms with van der Waals surface area (Å²) >= 11 is 0. The second-order valence-electron chi connectivity index (χ2n) is 6.03. The highest BCUT2D eigenvalue weighted by Gasteiger charge is 2.26. The molecule has 3 rings (SSSR count). The van der Waals surface area contributed by atoms with E-state index in [1.807, 2.05) is 30.3 Å². The molecule has 21 heavy (non-hydrogen) atoms. The van der Waals surface area contributed by atoms with Crippen molar-refractivity contribution in [2.45, 2.75) is 32.7 Å². The van der Waals surface area contributed by atoms with Gasteiger partial charge in [-0.05, 0) is 69.6 Å². The first-order valence-electron chi connectivity index (χ1n) is 7.69. The van der Waals surface area contributed by atoms with Gasteiger partial charge in [0.15, 0.2) is 0 Å². The van der Waals surface area contributed by atoms with Gasteiger partial charge >= 0.3 is 0 Å². The van der Waals surface area contributed by atoms with Gasteiger partial charge in [0.1, 0.15) is 11.5 Å². The second-order valence-corrected chi connectivity index (χ2v) is 6.03. The van der Waals surface area contributed by atoms with Gasteiger partial charge in [-0.2, -0.15) is 0 Å². The molecule has 1 unspecified atom stereocenters. The van der Waals surface area contributed by atoms with E-state index < -0.39 is 0 Å². The van der Waals surface area contributed by atoms with Crippen LogP contribution in [-0.4, -0.2) is 18.5 Å². The Bertz CT molecular complexity index is 621. The highest BCUT2D eigenvalue weighted by molar-refractivity contribution is 5.46. The summed E-state index contributed by atoms with van der Waals surface area (Å²) in [5.74, 6) is 1.91. The van der Waals surface area contributed by atoms with Gasteiger partial charge in [0.25, 0.3) is 0 Å². The predicted molar refractivity (Wildman–Crippen MR) is 87.0 cm³/mol. The van der Waals surface area contributed by atoms with Gasteiger partial charge in [-0.15, -0.1) is 0 Å². The summed E-state index contributed by atoms with van der Waals surface area (Å²) in [5.41, 5.74) is 3.94. The van der Waals surface area contributed by atoms with E-state index in [-0.39, 0.29) is 0 Å². The molecule has 1 atom stereocenters. The van der Waals surface area contributed by atoms with Crippen molar-refractivity contribution < 1.29 is 4.74 Å². The molecule has 2 heteroatoms. The molecule has 0 N–H and O–H groups in total. The van der Waals surface area contributed by atoms with Crippen molar-refractivity contribution in [3.8, 4) is 11.5 Å². The molecule has 1 aliphatic heterocycles. The van der Waals surface area contributed by atoms with Crippen LogP contribution in [0.25, 0.3) is 0 Å². The molecule has 110 valence electrons. The van der Waals surface area contributed by atoms with Crippen LogP contribution < -0.4 is 4.74 Å². The third kappa shape index (κ3) is 2.96. The minimum absolute atomic E-state index is 0.475. The molecule has 1 heterocycles. The minimum atomic E-state index is 0.475. The first-order valence-corrected chi connectivity index (χ1v) is 7.69. The standard InChI is InChI=1S/C19H23NO/c1-14-12-17(18-10-7-11-20(18)3)19(13-15(14)2)21-16-8-5-4-6-9-16/h4-6,8-9,12-13,18H,7,10-11H2,1-3H3. The molecule has 1 fully saturated rings. The maximum absolute atomic E-state index is 6.18. The molecule has 0 amide bonds. The number of likely N-dealkylation sites (tertiary alicyclic amines) is 1. The molecule has 0 spiro atoms. The minimum Gasteiger partial charge on any atom is -0.457 e. The average Bonchev–Trinajstić information content (AvgIpc) is 2.90. The number of rotatable bonds is 3. The van der Waals surface area contributed by atoms with Crippen LogP contribution in [0, 0.1) is 13.8 Å². The summed E-state index contributed by atoms with van der Waals surface area (Å²) in [5, 5.41) is 0. The van der Waals surface area contributed by atoms with Crippen LogP contribution >= 0.6 is 0 Å². The Morgan fingerprint density at radius 1 is 1.05 bits per heavy atom. The van der Waals surface area contributed by atoms with E-state index in [9.17, 15) is 0 Å². The Morgan fingerprint density at radius 2 is 1.76 bits per heavy atom. The molecule has 1 aliphatic rings. The topological polar surface area (TPSA) is 12.5 Å². The number of para-hydroxylation sites is 1. The zero-order valence-electron chi connectivity index (χ0n) is 13.1. The molecular weight excluding hydrogens is 258 g/mol. The third-order valence-electron chi connectivity index (χ3n) is 4.48. The van der Waals surface area contributed by atoms with E-state index in [2.05, 4.69) is 37.9 Å². The van der Waals surface area contributed by atoms with Crippen molar-refractivity contribution in [1.29, 1.82) is 0 Å². The van der Waals surface area contributed by atoms with E-state index in [0.29, 0.717) is 6.04 Å². The smallest absolute Gasteiger partial charge is 0.132 e. The Labute approximate surface area is 127 Å². The van der Waals surface area contributed by atoms with Crippen LogP contribution in [0.4, 0.5) is 0 Å². The van der Waals surface area contributed by atoms with Crippen molar-refractivity contribution in [3.05, 3.63) is 59.2 Å². The quantitative estimate of drug-likeness (QED) is 0.796. The summed E-state index contributed by atoms with van der Waals surface area (Å²) in [7, 11) is 2.21. The molecule has 0 aromatic heterocycles. The van der Waals surface area contributed by atoms with Crippen molar-refractivity contribution in [3.63, 3.8) is 0 Å². The maximum Gasteiger partial charge on any atom is 0.132 e. The van der Waals surface area contributed by atoms with Crippen LogP contribution in [-0.2, 0) is 0 Å². The van der Waals surface area contributed by atoms with Gasteiger partial charge in [-0.25, -0.2) is 0 Å². The Hall–Kier alpha value is -1.80. The number of ether oxygens (including phenoxy) is 1. The summed E-state index contributed by atoms with van der Waals surface area (Å²) in [6.45, 7) is 5.50. The second kappa shape index (κ2) is 5.90. The van der Waals surface area contributed by atoms with Gasteiger partial charge in [0.05, 0.1) is 0 Å². The lowest BCUT2D eigenvalue weighted by atomic mass is 9.98.